The molecule has 0 spiro atoms. The fraction of sp³-hybridized carbons (Fsp3) is 0.333. The van der Waals surface area contributed by atoms with E-state index in [0.29, 0.717) is 29.7 Å². The second kappa shape index (κ2) is 8.34. The Hall–Kier alpha value is -3.35. The van der Waals surface area contributed by atoms with E-state index < -0.39 is 0 Å². The Morgan fingerprint density at radius 3 is 2.79 bits per heavy atom. The van der Waals surface area contributed by atoms with Crippen LogP contribution in [0.25, 0.3) is 21.5 Å². The molecule has 148 valence electrons. The van der Waals surface area contributed by atoms with E-state index in [0.717, 1.165) is 18.5 Å². The van der Waals surface area contributed by atoms with Gasteiger partial charge in [-0.05, 0) is 35.6 Å². The largest absolute Gasteiger partial charge is 0.383 e. The van der Waals surface area contributed by atoms with E-state index in [2.05, 4.69) is 44.6 Å². The molecule has 8 nitrogen and oxygen atoms in total. The lowest BCUT2D eigenvalue weighted by Crippen LogP contribution is -2.21. The zero-order valence-electron chi connectivity index (χ0n) is 16.2. The minimum absolute atomic E-state index is 0.00778. The number of nitrogens with zero attached hydrogens (tertiary/aromatic N) is 5. The molecular weight excluding hydrogens is 368 g/mol. The first-order valence-corrected chi connectivity index (χ1v) is 9.54. The number of aromatic nitrogens is 2. The first-order chi connectivity index (χ1) is 14.2. The van der Waals surface area contributed by atoms with Gasteiger partial charge in [0.1, 0.15) is 5.65 Å². The van der Waals surface area contributed by atoms with Gasteiger partial charge >= 0.3 is 0 Å². The maximum absolute atomic E-state index is 12.9. The zero-order valence-corrected chi connectivity index (χ0v) is 16.2. The normalized spacial score (nSPS) is 13.3. The minimum Gasteiger partial charge on any atom is -0.383 e. The number of pyridine rings is 2. The van der Waals surface area contributed by atoms with E-state index in [9.17, 15) is 4.79 Å². The molecule has 2 heterocycles. The van der Waals surface area contributed by atoms with Crippen LogP contribution in [0.1, 0.15) is 16.7 Å². The molecule has 1 aromatic carbocycles. The van der Waals surface area contributed by atoms with Crippen molar-refractivity contribution in [1.29, 1.82) is 0 Å². The SMILES string of the molecule is COCCn1cc(CN=[N+]=[N-])c(=O)c2cc(NC3Cc4ccccc4C3)cnc21. The average molecular weight is 390 g/mol. The smallest absolute Gasteiger partial charge is 0.194 e. The van der Waals surface area contributed by atoms with Crippen molar-refractivity contribution in [2.45, 2.75) is 32.0 Å². The number of methoxy groups -OCH3 is 1. The highest BCUT2D eigenvalue weighted by Gasteiger charge is 2.21. The highest BCUT2D eigenvalue weighted by Crippen LogP contribution is 2.25. The fourth-order valence-electron chi connectivity index (χ4n) is 3.89. The van der Waals surface area contributed by atoms with Gasteiger partial charge in [0.2, 0.25) is 0 Å². The fourth-order valence-corrected chi connectivity index (χ4v) is 3.89. The maximum atomic E-state index is 12.9. The first kappa shape index (κ1) is 19.0. The monoisotopic (exact) mass is 390 g/mol. The third-order valence-electron chi connectivity index (χ3n) is 5.25. The van der Waals surface area contributed by atoms with E-state index >= 15 is 0 Å². The van der Waals surface area contributed by atoms with Gasteiger partial charge < -0.3 is 14.6 Å². The molecule has 0 unspecified atom stereocenters. The molecule has 3 aromatic rings. The number of hydrogen-bond donors (Lipinski definition) is 1. The second-order valence-electron chi connectivity index (χ2n) is 7.17. The van der Waals surface area contributed by atoms with Crippen LogP contribution in [0, 0.1) is 0 Å². The average Bonchev–Trinajstić information content (AvgIpc) is 3.15. The van der Waals surface area contributed by atoms with Crippen molar-refractivity contribution in [1.82, 2.24) is 9.55 Å². The molecular formula is C21H22N6O2. The van der Waals surface area contributed by atoms with Crippen LogP contribution in [-0.4, -0.2) is 29.3 Å². The van der Waals surface area contributed by atoms with Crippen molar-refractivity contribution in [2.24, 2.45) is 5.11 Å². The summed E-state index contributed by atoms with van der Waals surface area (Å²) in [5, 5.41) is 7.58. The summed E-state index contributed by atoms with van der Waals surface area (Å²) in [7, 11) is 1.63. The molecule has 0 fully saturated rings. The first-order valence-electron chi connectivity index (χ1n) is 9.54. The van der Waals surface area contributed by atoms with Crippen LogP contribution in [0.2, 0.25) is 0 Å². The highest BCUT2D eigenvalue weighted by atomic mass is 16.5. The van der Waals surface area contributed by atoms with Crippen LogP contribution >= 0.6 is 0 Å². The predicted molar refractivity (Wildman–Crippen MR) is 112 cm³/mol. The lowest BCUT2D eigenvalue weighted by atomic mass is 10.1. The summed E-state index contributed by atoms with van der Waals surface area (Å²) in [6.45, 7) is 1.04. The van der Waals surface area contributed by atoms with Gasteiger partial charge in [-0.1, -0.05) is 29.4 Å². The number of ether oxygens (including phenoxy) is 1. The molecule has 0 atom stereocenters. The van der Waals surface area contributed by atoms with E-state index in [-0.39, 0.29) is 18.0 Å². The van der Waals surface area contributed by atoms with E-state index in [1.807, 2.05) is 10.6 Å². The van der Waals surface area contributed by atoms with Crippen molar-refractivity contribution >= 4 is 16.7 Å². The quantitative estimate of drug-likeness (QED) is 0.379. The van der Waals surface area contributed by atoms with Crippen LogP contribution in [0.5, 0.6) is 0 Å². The summed E-state index contributed by atoms with van der Waals surface area (Å²) in [5.74, 6) is 0. The summed E-state index contributed by atoms with van der Waals surface area (Å²) in [5.41, 5.74) is 13.0. The third kappa shape index (κ3) is 3.94. The topological polar surface area (TPSA) is 105 Å². The van der Waals surface area contributed by atoms with Gasteiger partial charge in [0.25, 0.3) is 0 Å². The van der Waals surface area contributed by atoms with Crippen molar-refractivity contribution < 1.29 is 4.74 Å². The Bertz CT molecular complexity index is 1120. The summed E-state index contributed by atoms with van der Waals surface area (Å²) in [6.07, 6.45) is 5.36. The van der Waals surface area contributed by atoms with Crippen LogP contribution in [0.4, 0.5) is 5.69 Å². The van der Waals surface area contributed by atoms with Gasteiger partial charge in [0.15, 0.2) is 5.43 Å². The van der Waals surface area contributed by atoms with E-state index in [4.69, 9.17) is 10.3 Å². The van der Waals surface area contributed by atoms with Crippen LogP contribution in [0.15, 0.2) is 52.6 Å². The number of benzene rings is 1. The van der Waals surface area contributed by atoms with Crippen LogP contribution in [0.3, 0.4) is 0 Å². The lowest BCUT2D eigenvalue weighted by Gasteiger charge is -2.16. The van der Waals surface area contributed by atoms with Crippen LogP contribution < -0.4 is 10.7 Å². The van der Waals surface area contributed by atoms with Crippen molar-refractivity contribution in [3.05, 3.63) is 80.1 Å². The second-order valence-corrected chi connectivity index (χ2v) is 7.17. The Morgan fingerprint density at radius 1 is 1.34 bits per heavy atom. The van der Waals surface area contributed by atoms with Gasteiger partial charge in [0.05, 0.1) is 30.4 Å². The van der Waals surface area contributed by atoms with Gasteiger partial charge in [-0.3, -0.25) is 4.79 Å². The molecule has 0 bridgehead atoms. The molecule has 0 aliphatic heterocycles. The molecule has 29 heavy (non-hydrogen) atoms. The molecule has 4 rings (SSSR count). The Morgan fingerprint density at radius 2 is 2.10 bits per heavy atom. The highest BCUT2D eigenvalue weighted by molar-refractivity contribution is 5.79. The molecule has 1 aliphatic rings. The molecule has 0 saturated carbocycles. The number of rotatable bonds is 7. The molecule has 0 amide bonds. The van der Waals surface area contributed by atoms with Gasteiger partial charge in [-0.2, -0.15) is 0 Å². The zero-order chi connectivity index (χ0) is 20.2. The van der Waals surface area contributed by atoms with Crippen molar-refractivity contribution in [2.75, 3.05) is 19.0 Å². The van der Waals surface area contributed by atoms with E-state index in [1.165, 1.54) is 11.1 Å². The number of anilines is 1. The Labute approximate surface area is 167 Å². The summed E-state index contributed by atoms with van der Waals surface area (Å²) in [6, 6.07) is 10.6. The molecule has 8 heteroatoms. The predicted octanol–water partition coefficient (Wildman–Crippen LogP) is 3.43. The van der Waals surface area contributed by atoms with Crippen molar-refractivity contribution in [3.63, 3.8) is 0 Å². The standard InChI is InChI=1S/C21H22N6O2/c1-29-7-6-27-13-16(11-24-26-22)20(28)19-10-18(12-23-21(19)27)25-17-8-14-4-2-3-5-15(14)9-17/h2-5,10,12-13,17,25H,6-9,11H2,1H3. The number of nitrogens with one attached hydrogen (secondary N) is 1. The maximum Gasteiger partial charge on any atom is 0.194 e. The minimum atomic E-state index is -0.160. The number of azide groups is 1. The van der Waals surface area contributed by atoms with Gasteiger partial charge in [-0.15, -0.1) is 0 Å². The van der Waals surface area contributed by atoms with Crippen LogP contribution in [-0.2, 0) is 30.7 Å². The third-order valence-corrected chi connectivity index (χ3v) is 5.25. The van der Waals surface area contributed by atoms with Crippen molar-refractivity contribution in [3.8, 4) is 0 Å². The molecule has 1 aliphatic carbocycles. The molecule has 1 N–H and O–H groups in total. The number of hydrogen-bond acceptors (Lipinski definition) is 5. The molecule has 0 saturated heterocycles. The number of fused-ring (bicyclic) bond motifs is 2. The molecule has 0 radical (unpaired) electrons. The Kier molecular flexibility index (Phi) is 5.46. The van der Waals surface area contributed by atoms with Gasteiger partial charge in [0, 0.05) is 36.4 Å². The van der Waals surface area contributed by atoms with Gasteiger partial charge in [-0.25, -0.2) is 4.98 Å². The van der Waals surface area contributed by atoms with E-state index in [1.54, 1.807) is 19.5 Å². The summed E-state index contributed by atoms with van der Waals surface area (Å²) in [4.78, 5) is 20.3. The molecule has 2 aromatic heterocycles. The summed E-state index contributed by atoms with van der Waals surface area (Å²) >= 11 is 0. The summed E-state index contributed by atoms with van der Waals surface area (Å²) < 4.78 is 7.04. The lowest BCUT2D eigenvalue weighted by molar-refractivity contribution is 0.188. The Balaban J connectivity index is 1.67.